The summed E-state index contributed by atoms with van der Waals surface area (Å²) in [5.74, 6) is -2.52. The van der Waals surface area contributed by atoms with Gasteiger partial charge in [0, 0.05) is 13.0 Å². The van der Waals surface area contributed by atoms with Gasteiger partial charge in [-0.05, 0) is 59.5 Å². The van der Waals surface area contributed by atoms with Crippen LogP contribution in [0.4, 0.5) is 13.2 Å². The topological polar surface area (TPSA) is 53.3 Å². The van der Waals surface area contributed by atoms with Crippen LogP contribution in [0.2, 0.25) is 0 Å². The average molecular weight is 450 g/mol. The quantitative estimate of drug-likeness (QED) is 0.471. The number of halogens is 3. The zero-order valence-electron chi connectivity index (χ0n) is 17.7. The number of hydrogen-bond acceptors (Lipinski definition) is 3. The molecule has 1 unspecified atom stereocenters. The number of carbonyl (C=O) groups excluding carboxylic acids is 1. The van der Waals surface area contributed by atoms with Gasteiger partial charge in [0.15, 0.2) is 11.6 Å². The third kappa shape index (κ3) is 5.07. The van der Waals surface area contributed by atoms with E-state index in [-0.39, 0.29) is 12.5 Å². The van der Waals surface area contributed by atoms with E-state index in [1.807, 2.05) is 6.07 Å². The van der Waals surface area contributed by atoms with Gasteiger partial charge in [0.05, 0.1) is 24.3 Å². The number of nitrogens with zero attached hydrogens (tertiary/aromatic N) is 2. The maximum absolute atomic E-state index is 14.2. The Morgan fingerprint density at radius 2 is 1.64 bits per heavy atom. The second-order valence-corrected chi connectivity index (χ2v) is 7.90. The molecule has 33 heavy (non-hydrogen) atoms. The van der Waals surface area contributed by atoms with E-state index in [2.05, 4.69) is 0 Å². The van der Waals surface area contributed by atoms with Crippen molar-refractivity contribution in [1.82, 2.24) is 4.90 Å². The Bertz CT molecular complexity index is 1170. The van der Waals surface area contributed by atoms with Crippen LogP contribution in [0, 0.1) is 28.8 Å². The van der Waals surface area contributed by atoms with E-state index in [0.29, 0.717) is 36.1 Å². The van der Waals surface area contributed by atoms with Crippen molar-refractivity contribution in [3.05, 3.63) is 106 Å². The molecule has 4 rings (SSSR count). The predicted molar refractivity (Wildman–Crippen MR) is 115 cm³/mol. The van der Waals surface area contributed by atoms with Crippen molar-refractivity contribution in [2.24, 2.45) is 0 Å². The highest BCUT2D eigenvalue weighted by atomic mass is 19.2. The monoisotopic (exact) mass is 450 g/mol. The molecule has 3 aromatic carbocycles. The summed E-state index contributed by atoms with van der Waals surface area (Å²) in [6, 6.07) is 17.5. The molecule has 0 aromatic heterocycles. The molecule has 0 aliphatic carbocycles. The van der Waals surface area contributed by atoms with Crippen LogP contribution >= 0.6 is 0 Å². The third-order valence-electron chi connectivity index (χ3n) is 5.73. The van der Waals surface area contributed by atoms with Crippen LogP contribution in [-0.2, 0) is 16.1 Å². The Labute approximate surface area is 189 Å². The van der Waals surface area contributed by atoms with Gasteiger partial charge in [0.1, 0.15) is 11.9 Å². The standard InChI is InChI=1S/C26H21F3N2O2/c27-21-10-7-19(8-11-21)25(31-13-1-2-24(31)32)26(20-9-12-22(28)23(29)14-20)33-16-18-5-3-17(15-30)4-6-18/h3-12,14,25-26H,1-2,13,16H2/t25?,26-/m0/s1. The number of amides is 1. The minimum atomic E-state index is -1.02. The highest BCUT2D eigenvalue weighted by molar-refractivity contribution is 5.78. The Morgan fingerprint density at radius 1 is 0.939 bits per heavy atom. The first kappa shape index (κ1) is 22.6. The largest absolute Gasteiger partial charge is 0.366 e. The Hall–Kier alpha value is -3.63. The summed E-state index contributed by atoms with van der Waals surface area (Å²) in [6.07, 6.45) is 0.192. The molecule has 1 saturated heterocycles. The van der Waals surface area contributed by atoms with E-state index in [9.17, 15) is 18.0 Å². The fourth-order valence-electron chi connectivity index (χ4n) is 4.06. The molecule has 2 atom stereocenters. The predicted octanol–water partition coefficient (Wildman–Crippen LogP) is 5.60. The van der Waals surface area contributed by atoms with Crippen LogP contribution in [0.25, 0.3) is 0 Å². The first-order chi connectivity index (χ1) is 16.0. The minimum Gasteiger partial charge on any atom is -0.366 e. The number of rotatable bonds is 7. The number of benzene rings is 3. The van der Waals surface area contributed by atoms with E-state index in [1.165, 1.54) is 18.2 Å². The van der Waals surface area contributed by atoms with Crippen molar-refractivity contribution in [3.63, 3.8) is 0 Å². The van der Waals surface area contributed by atoms with E-state index in [4.69, 9.17) is 10.00 Å². The van der Waals surface area contributed by atoms with Gasteiger partial charge in [-0.15, -0.1) is 0 Å². The number of ether oxygens (including phenoxy) is 1. The molecule has 1 fully saturated rings. The lowest BCUT2D eigenvalue weighted by molar-refractivity contribution is -0.134. The van der Waals surface area contributed by atoms with Gasteiger partial charge < -0.3 is 9.64 Å². The van der Waals surface area contributed by atoms with Crippen LogP contribution in [0.1, 0.15) is 47.2 Å². The van der Waals surface area contributed by atoms with E-state index < -0.39 is 29.6 Å². The van der Waals surface area contributed by atoms with Gasteiger partial charge in [0.2, 0.25) is 5.91 Å². The number of hydrogen-bond donors (Lipinski definition) is 0. The summed E-state index contributed by atoms with van der Waals surface area (Å²) in [5.41, 5.74) is 2.26. The second-order valence-electron chi connectivity index (χ2n) is 7.90. The zero-order valence-corrected chi connectivity index (χ0v) is 17.7. The van der Waals surface area contributed by atoms with Gasteiger partial charge in [-0.25, -0.2) is 13.2 Å². The molecule has 168 valence electrons. The van der Waals surface area contributed by atoms with Crippen molar-refractivity contribution < 1.29 is 22.7 Å². The third-order valence-corrected chi connectivity index (χ3v) is 5.73. The normalized spacial score (nSPS) is 15.3. The fourth-order valence-corrected chi connectivity index (χ4v) is 4.06. The zero-order chi connectivity index (χ0) is 23.4. The van der Waals surface area contributed by atoms with Crippen molar-refractivity contribution in [2.75, 3.05) is 6.54 Å². The average Bonchev–Trinajstić information content (AvgIpc) is 3.25. The summed E-state index contributed by atoms with van der Waals surface area (Å²) < 4.78 is 47.7. The SMILES string of the molecule is N#Cc1ccc(CO[C@@H](c2ccc(F)c(F)c2)C(c2ccc(F)cc2)N2CCCC2=O)cc1. The number of nitriles is 1. The summed E-state index contributed by atoms with van der Waals surface area (Å²) >= 11 is 0. The van der Waals surface area contributed by atoms with Gasteiger partial charge >= 0.3 is 0 Å². The van der Waals surface area contributed by atoms with E-state index in [0.717, 1.165) is 17.7 Å². The van der Waals surface area contributed by atoms with Gasteiger partial charge in [-0.1, -0.05) is 30.3 Å². The molecule has 1 aliphatic rings. The molecule has 0 bridgehead atoms. The summed E-state index contributed by atoms with van der Waals surface area (Å²) in [4.78, 5) is 14.3. The summed E-state index contributed by atoms with van der Waals surface area (Å²) in [5, 5.41) is 9.00. The number of carbonyl (C=O) groups is 1. The molecule has 0 radical (unpaired) electrons. The van der Waals surface area contributed by atoms with E-state index in [1.54, 1.807) is 41.3 Å². The first-order valence-electron chi connectivity index (χ1n) is 10.6. The molecule has 0 N–H and O–H groups in total. The maximum Gasteiger partial charge on any atom is 0.223 e. The maximum atomic E-state index is 14.2. The van der Waals surface area contributed by atoms with Crippen molar-refractivity contribution >= 4 is 5.91 Å². The lowest BCUT2D eigenvalue weighted by Crippen LogP contribution is -2.35. The Balaban J connectivity index is 1.74. The van der Waals surface area contributed by atoms with Crippen LogP contribution < -0.4 is 0 Å². The van der Waals surface area contributed by atoms with Gasteiger partial charge in [0.25, 0.3) is 0 Å². The molecule has 1 amide bonds. The summed E-state index contributed by atoms with van der Waals surface area (Å²) in [6.45, 7) is 0.580. The van der Waals surface area contributed by atoms with Crippen LogP contribution in [0.5, 0.6) is 0 Å². The first-order valence-corrected chi connectivity index (χ1v) is 10.6. The Kier molecular flexibility index (Phi) is 6.76. The highest BCUT2D eigenvalue weighted by Gasteiger charge is 2.36. The molecule has 0 spiro atoms. The van der Waals surface area contributed by atoms with Crippen molar-refractivity contribution in [2.45, 2.75) is 31.6 Å². The lowest BCUT2D eigenvalue weighted by Gasteiger charge is -2.35. The number of likely N-dealkylation sites (tertiary alicyclic amines) is 1. The van der Waals surface area contributed by atoms with Gasteiger partial charge in [-0.3, -0.25) is 4.79 Å². The molecule has 1 heterocycles. The van der Waals surface area contributed by atoms with Crippen molar-refractivity contribution in [3.8, 4) is 6.07 Å². The van der Waals surface area contributed by atoms with Gasteiger partial charge in [-0.2, -0.15) is 5.26 Å². The van der Waals surface area contributed by atoms with Crippen LogP contribution in [0.15, 0.2) is 66.7 Å². The smallest absolute Gasteiger partial charge is 0.223 e. The fraction of sp³-hybridized carbons (Fsp3) is 0.231. The molecule has 7 heteroatoms. The second kappa shape index (κ2) is 9.88. The Morgan fingerprint density at radius 3 is 2.24 bits per heavy atom. The van der Waals surface area contributed by atoms with E-state index >= 15 is 0 Å². The van der Waals surface area contributed by atoms with Crippen LogP contribution in [0.3, 0.4) is 0 Å². The molecular weight excluding hydrogens is 429 g/mol. The minimum absolute atomic E-state index is 0.0844. The molecule has 4 nitrogen and oxygen atoms in total. The molecule has 0 saturated carbocycles. The van der Waals surface area contributed by atoms with Crippen molar-refractivity contribution in [1.29, 1.82) is 5.26 Å². The molecular formula is C26H21F3N2O2. The summed E-state index contributed by atoms with van der Waals surface area (Å²) in [7, 11) is 0. The highest BCUT2D eigenvalue weighted by Crippen LogP contribution is 2.40. The molecule has 3 aromatic rings. The molecule has 1 aliphatic heterocycles. The van der Waals surface area contributed by atoms with Crippen LogP contribution in [-0.4, -0.2) is 17.4 Å². The lowest BCUT2D eigenvalue weighted by atomic mass is 9.94.